The van der Waals surface area contributed by atoms with E-state index in [0.717, 1.165) is 12.8 Å². The first-order valence-corrected chi connectivity index (χ1v) is 9.95. The molecule has 24 heavy (non-hydrogen) atoms. The highest BCUT2D eigenvalue weighted by molar-refractivity contribution is 5.66. The normalized spacial score (nSPS) is 14.5. The summed E-state index contributed by atoms with van der Waals surface area (Å²) in [5, 5.41) is 19.4. The maximum absolute atomic E-state index is 10.7. The van der Waals surface area contributed by atoms with Crippen molar-refractivity contribution < 1.29 is 19.5 Å². The Hall–Kier alpha value is -0.610. The molecule has 0 aromatic heterocycles. The number of quaternary nitrogens is 1. The van der Waals surface area contributed by atoms with E-state index in [1.165, 1.54) is 57.8 Å². The molecule has 0 heterocycles. The minimum Gasteiger partial charge on any atom is -0.481 e. The van der Waals surface area contributed by atoms with Crippen molar-refractivity contribution in [2.75, 3.05) is 27.2 Å². The average Bonchev–Trinajstić information content (AvgIpc) is 2.46. The van der Waals surface area contributed by atoms with Gasteiger partial charge in [-0.05, 0) is 13.3 Å². The van der Waals surface area contributed by atoms with E-state index < -0.39 is 11.6 Å². The molecular weight excluding hydrogens is 302 g/mol. The molecule has 0 aliphatic rings. The topological polar surface area (TPSA) is 57.5 Å². The number of aliphatic hydroxyl groups is 1. The number of hydrogen-bond acceptors (Lipinski definition) is 2. The summed E-state index contributed by atoms with van der Waals surface area (Å²) < 4.78 is 0.553. The number of aliphatic carboxylic acids is 1. The van der Waals surface area contributed by atoms with Crippen LogP contribution in [0, 0.1) is 0 Å². The quantitative estimate of drug-likeness (QED) is 0.318. The Morgan fingerprint density at radius 2 is 1.38 bits per heavy atom. The summed E-state index contributed by atoms with van der Waals surface area (Å²) in [6.45, 7) is 5.31. The van der Waals surface area contributed by atoms with Crippen molar-refractivity contribution >= 4 is 5.97 Å². The van der Waals surface area contributed by atoms with Gasteiger partial charge in [-0.1, -0.05) is 71.1 Å². The van der Waals surface area contributed by atoms with Gasteiger partial charge in [0.15, 0.2) is 0 Å². The lowest BCUT2D eigenvalue weighted by atomic mass is 9.96. The van der Waals surface area contributed by atoms with Crippen molar-refractivity contribution in [3.63, 3.8) is 0 Å². The molecule has 0 aromatic carbocycles. The number of likely N-dealkylation sites (N-methyl/N-ethyl adjacent to an activating group) is 1. The van der Waals surface area contributed by atoms with Crippen molar-refractivity contribution in [1.82, 2.24) is 0 Å². The summed E-state index contributed by atoms with van der Waals surface area (Å²) in [5.74, 6) is -0.768. The Kier molecular flexibility index (Phi) is 12.4. The smallest absolute Gasteiger partial charge is 0.309 e. The highest BCUT2D eigenvalue weighted by Gasteiger charge is 2.30. The van der Waals surface area contributed by atoms with Crippen molar-refractivity contribution in [1.29, 1.82) is 0 Å². The number of carboxylic acids is 1. The van der Waals surface area contributed by atoms with Crippen molar-refractivity contribution in [2.24, 2.45) is 0 Å². The Balaban J connectivity index is 3.71. The Morgan fingerprint density at radius 3 is 1.83 bits per heavy atom. The van der Waals surface area contributed by atoms with E-state index in [4.69, 9.17) is 5.11 Å². The number of rotatable bonds is 16. The van der Waals surface area contributed by atoms with Crippen LogP contribution in [0.2, 0.25) is 0 Å². The maximum atomic E-state index is 10.7. The number of nitrogens with zero attached hydrogens (tertiary/aromatic N) is 1. The van der Waals surface area contributed by atoms with E-state index in [9.17, 15) is 9.90 Å². The van der Waals surface area contributed by atoms with Gasteiger partial charge in [0.05, 0.1) is 27.1 Å². The van der Waals surface area contributed by atoms with Crippen LogP contribution in [0.1, 0.15) is 90.9 Å². The first kappa shape index (κ1) is 23.4. The van der Waals surface area contributed by atoms with Gasteiger partial charge >= 0.3 is 5.97 Å². The monoisotopic (exact) mass is 344 g/mol. The molecule has 1 atom stereocenters. The van der Waals surface area contributed by atoms with Gasteiger partial charge in [-0.25, -0.2) is 0 Å². The van der Waals surface area contributed by atoms with Gasteiger partial charge < -0.3 is 14.7 Å². The maximum Gasteiger partial charge on any atom is 0.309 e. The molecule has 2 N–H and O–H groups in total. The lowest BCUT2D eigenvalue weighted by Gasteiger charge is -2.36. The molecule has 0 fully saturated rings. The minimum atomic E-state index is -0.768. The van der Waals surface area contributed by atoms with Crippen molar-refractivity contribution in [2.45, 2.75) is 96.5 Å². The molecule has 0 amide bonds. The Morgan fingerprint density at radius 1 is 0.917 bits per heavy atom. The Labute approximate surface area is 149 Å². The van der Waals surface area contributed by atoms with Crippen LogP contribution in [0.25, 0.3) is 0 Å². The van der Waals surface area contributed by atoms with Gasteiger partial charge in [-0.2, -0.15) is 0 Å². The highest BCUT2D eigenvalue weighted by Crippen LogP contribution is 2.20. The van der Waals surface area contributed by atoms with Crippen molar-refractivity contribution in [3.05, 3.63) is 0 Å². The summed E-state index contributed by atoms with van der Waals surface area (Å²) in [5.41, 5.74) is -0.706. The SMILES string of the molecule is CCCCCCCCCCCCC(C)(O)C[N+](C)(C)CCC(=O)O. The molecule has 1 unspecified atom stereocenters. The highest BCUT2D eigenvalue weighted by atomic mass is 16.4. The molecule has 0 bridgehead atoms. The van der Waals surface area contributed by atoms with Crippen LogP contribution < -0.4 is 0 Å². The fraction of sp³-hybridized carbons (Fsp3) is 0.950. The summed E-state index contributed by atoms with van der Waals surface area (Å²) in [6, 6.07) is 0. The molecule has 4 heteroatoms. The molecule has 0 aromatic rings. The molecule has 0 radical (unpaired) electrons. The second kappa shape index (κ2) is 12.7. The zero-order valence-corrected chi connectivity index (χ0v) is 16.6. The zero-order valence-electron chi connectivity index (χ0n) is 16.6. The third kappa shape index (κ3) is 14.9. The number of carbonyl (C=O) groups is 1. The predicted octanol–water partition coefficient (Wildman–Crippen LogP) is 4.60. The molecule has 0 saturated heterocycles. The Bertz CT molecular complexity index is 327. The lowest BCUT2D eigenvalue weighted by molar-refractivity contribution is -0.896. The predicted molar refractivity (Wildman–Crippen MR) is 101 cm³/mol. The summed E-state index contributed by atoms with van der Waals surface area (Å²) in [6.07, 6.45) is 13.9. The third-order valence-electron chi connectivity index (χ3n) is 4.77. The second-order valence-electron chi connectivity index (χ2n) is 8.39. The lowest BCUT2D eigenvalue weighted by Crippen LogP contribution is -2.51. The first-order chi connectivity index (χ1) is 11.2. The van der Waals surface area contributed by atoms with E-state index in [-0.39, 0.29) is 6.42 Å². The zero-order chi connectivity index (χ0) is 18.5. The fourth-order valence-corrected chi connectivity index (χ4v) is 3.47. The summed E-state index contributed by atoms with van der Waals surface area (Å²) in [4.78, 5) is 10.7. The van der Waals surface area contributed by atoms with E-state index >= 15 is 0 Å². The minimum absolute atomic E-state index is 0.154. The molecular formula is C20H42NO3+. The molecule has 4 nitrogen and oxygen atoms in total. The van der Waals surface area contributed by atoms with Crippen LogP contribution in [0.3, 0.4) is 0 Å². The summed E-state index contributed by atoms with van der Waals surface area (Å²) >= 11 is 0. The largest absolute Gasteiger partial charge is 0.481 e. The van der Waals surface area contributed by atoms with E-state index in [2.05, 4.69) is 6.92 Å². The van der Waals surface area contributed by atoms with Gasteiger partial charge in [0, 0.05) is 0 Å². The van der Waals surface area contributed by atoms with Gasteiger partial charge in [-0.15, -0.1) is 0 Å². The average molecular weight is 345 g/mol. The standard InChI is InChI=1S/C20H41NO3/c1-5-6-7-8-9-10-11-12-13-14-16-20(2,24)18-21(3,4)17-15-19(22)23/h24H,5-18H2,1-4H3/p+1. The van der Waals surface area contributed by atoms with E-state index in [1.54, 1.807) is 0 Å². The number of carboxylic acid groups (broad SMARTS) is 1. The molecule has 0 aliphatic carbocycles. The number of unbranched alkanes of at least 4 members (excludes halogenated alkanes) is 9. The molecule has 144 valence electrons. The van der Waals surface area contributed by atoms with Gasteiger partial charge in [0.2, 0.25) is 0 Å². The van der Waals surface area contributed by atoms with Crippen LogP contribution in [-0.2, 0) is 4.79 Å². The third-order valence-corrected chi connectivity index (χ3v) is 4.77. The van der Waals surface area contributed by atoms with E-state index in [0.29, 0.717) is 17.6 Å². The van der Waals surface area contributed by atoms with Crippen LogP contribution >= 0.6 is 0 Å². The van der Waals surface area contributed by atoms with Gasteiger partial charge in [0.25, 0.3) is 0 Å². The fourth-order valence-electron chi connectivity index (χ4n) is 3.47. The van der Waals surface area contributed by atoms with Crippen molar-refractivity contribution in [3.8, 4) is 0 Å². The number of hydrogen-bond donors (Lipinski definition) is 2. The molecule has 0 rings (SSSR count). The van der Waals surface area contributed by atoms with E-state index in [1.807, 2.05) is 21.0 Å². The summed E-state index contributed by atoms with van der Waals surface area (Å²) in [7, 11) is 3.99. The van der Waals surface area contributed by atoms with Crippen LogP contribution in [0.4, 0.5) is 0 Å². The molecule has 0 saturated carbocycles. The van der Waals surface area contributed by atoms with Gasteiger partial charge in [0.1, 0.15) is 12.1 Å². The van der Waals surface area contributed by atoms with Crippen LogP contribution in [0.5, 0.6) is 0 Å². The van der Waals surface area contributed by atoms with Crippen LogP contribution in [0.15, 0.2) is 0 Å². The second-order valence-corrected chi connectivity index (χ2v) is 8.39. The van der Waals surface area contributed by atoms with Gasteiger partial charge in [-0.3, -0.25) is 4.79 Å². The molecule has 0 spiro atoms. The first-order valence-electron chi connectivity index (χ1n) is 9.95. The molecule has 0 aliphatic heterocycles. The van der Waals surface area contributed by atoms with Crippen LogP contribution in [-0.4, -0.2) is 53.5 Å².